The van der Waals surface area contributed by atoms with Gasteiger partial charge in [-0.05, 0) is 44.2 Å². The summed E-state index contributed by atoms with van der Waals surface area (Å²) in [6, 6.07) is 17.7. The number of aryl methyl sites for hydroxylation is 1. The first-order valence-corrected chi connectivity index (χ1v) is 10.8. The summed E-state index contributed by atoms with van der Waals surface area (Å²) in [5, 5.41) is 11.4. The van der Waals surface area contributed by atoms with Gasteiger partial charge in [-0.1, -0.05) is 48.0 Å². The molecule has 0 N–H and O–H groups in total. The highest BCUT2D eigenvalue weighted by Gasteiger charge is 2.61. The van der Waals surface area contributed by atoms with Crippen LogP contribution in [0.5, 0.6) is 0 Å². The van der Waals surface area contributed by atoms with Crippen LogP contribution < -0.4 is 4.90 Å². The number of nitrogens with zero attached hydrogens (tertiary/aromatic N) is 6. The summed E-state index contributed by atoms with van der Waals surface area (Å²) in [4.78, 5) is 20.9. The van der Waals surface area contributed by atoms with Gasteiger partial charge in [0.15, 0.2) is 11.7 Å². The topological polar surface area (TPSA) is 66.1 Å². The molecule has 7 nitrogen and oxygen atoms in total. The molecule has 1 spiro atoms. The summed E-state index contributed by atoms with van der Waals surface area (Å²) in [6.45, 7) is 4.42. The zero-order valence-corrected chi connectivity index (χ0v) is 18.3. The highest BCUT2D eigenvalue weighted by molar-refractivity contribution is 6.68. The van der Waals surface area contributed by atoms with E-state index >= 15 is 0 Å². The molecular formula is C24H19ClN6O. The number of aromatic nitrogens is 2. The molecule has 0 bridgehead atoms. The molecule has 3 aliphatic heterocycles. The number of hydrazone groups is 1. The number of aliphatic imine (C=N–C) groups is 1. The van der Waals surface area contributed by atoms with E-state index in [0.29, 0.717) is 29.1 Å². The van der Waals surface area contributed by atoms with Gasteiger partial charge < -0.3 is 4.90 Å². The Hall–Kier alpha value is -3.71. The van der Waals surface area contributed by atoms with Gasteiger partial charge in [-0.3, -0.25) is 4.79 Å². The normalized spacial score (nSPS) is 20.8. The van der Waals surface area contributed by atoms with Crippen molar-refractivity contribution in [3.63, 3.8) is 0 Å². The van der Waals surface area contributed by atoms with Crippen molar-refractivity contribution in [1.29, 1.82) is 0 Å². The zero-order chi connectivity index (χ0) is 22.0. The molecule has 8 heteroatoms. The van der Waals surface area contributed by atoms with Gasteiger partial charge in [0.2, 0.25) is 5.54 Å². The van der Waals surface area contributed by atoms with E-state index < -0.39 is 5.54 Å². The fourth-order valence-electron chi connectivity index (χ4n) is 4.93. The molecule has 1 aromatic heterocycles. The molecule has 0 aliphatic carbocycles. The molecule has 1 atom stereocenters. The number of fused-ring (bicyclic) bond motifs is 6. The predicted molar refractivity (Wildman–Crippen MR) is 125 cm³/mol. The number of halogens is 1. The lowest BCUT2D eigenvalue weighted by atomic mass is 9.81. The van der Waals surface area contributed by atoms with Gasteiger partial charge in [0.05, 0.1) is 22.6 Å². The molecule has 1 amide bonds. The lowest BCUT2D eigenvalue weighted by Gasteiger charge is -2.41. The van der Waals surface area contributed by atoms with Gasteiger partial charge >= 0.3 is 0 Å². The first-order valence-electron chi connectivity index (χ1n) is 10.5. The van der Waals surface area contributed by atoms with Crippen LogP contribution in [0.25, 0.3) is 5.69 Å². The van der Waals surface area contributed by atoms with E-state index in [0.717, 1.165) is 22.5 Å². The van der Waals surface area contributed by atoms with Crippen molar-refractivity contribution in [3.05, 3.63) is 83.6 Å². The second-order valence-electron chi connectivity index (χ2n) is 7.85. The Labute approximate surface area is 189 Å². The molecule has 32 heavy (non-hydrogen) atoms. The van der Waals surface area contributed by atoms with Crippen LogP contribution >= 0.6 is 11.6 Å². The van der Waals surface area contributed by atoms with Crippen LogP contribution in [0.2, 0.25) is 0 Å². The van der Waals surface area contributed by atoms with Crippen LogP contribution in [0.3, 0.4) is 0 Å². The highest BCUT2D eigenvalue weighted by Crippen LogP contribution is 2.54. The van der Waals surface area contributed by atoms with Gasteiger partial charge in [-0.25, -0.2) is 14.7 Å². The largest absolute Gasteiger partial charge is 0.310 e. The minimum absolute atomic E-state index is 0.0888. The lowest BCUT2D eigenvalue weighted by Crippen LogP contribution is -2.56. The number of likely N-dealkylation sites (N-methyl/N-ethyl adjacent to an activating group) is 1. The van der Waals surface area contributed by atoms with Crippen LogP contribution in [-0.2, 0) is 10.3 Å². The van der Waals surface area contributed by atoms with E-state index in [1.807, 2.05) is 68.4 Å². The molecule has 0 fully saturated rings. The van der Waals surface area contributed by atoms with Crippen molar-refractivity contribution in [3.8, 4) is 5.69 Å². The maximum absolute atomic E-state index is 14.2. The monoisotopic (exact) mass is 442 g/mol. The summed E-state index contributed by atoms with van der Waals surface area (Å²) >= 11 is 6.33. The van der Waals surface area contributed by atoms with Gasteiger partial charge in [0.1, 0.15) is 5.17 Å². The maximum Gasteiger partial charge on any atom is 0.264 e. The summed E-state index contributed by atoms with van der Waals surface area (Å²) in [5.41, 5.74) is 2.79. The van der Waals surface area contributed by atoms with Gasteiger partial charge in [-0.15, -0.1) is 0 Å². The number of benzene rings is 2. The summed E-state index contributed by atoms with van der Waals surface area (Å²) in [7, 11) is 0. The molecule has 3 aromatic rings. The van der Waals surface area contributed by atoms with Gasteiger partial charge in [-0.2, -0.15) is 10.2 Å². The van der Waals surface area contributed by atoms with Crippen molar-refractivity contribution < 1.29 is 4.79 Å². The van der Waals surface area contributed by atoms with Crippen molar-refractivity contribution in [1.82, 2.24) is 14.8 Å². The number of carbonyl (C=O) groups is 1. The Morgan fingerprint density at radius 1 is 1.03 bits per heavy atom. The van der Waals surface area contributed by atoms with Crippen LogP contribution in [0.4, 0.5) is 11.5 Å². The first kappa shape index (κ1) is 19.0. The molecule has 6 rings (SSSR count). The SMILES string of the molecule is CCN1C(=O)[C@@]2(c3ccccc31)c1c(C)nn(-c3ccccc3)c1N=C1C=CC(Cl)=NN12. The number of amides is 1. The van der Waals surface area contributed by atoms with Crippen LogP contribution in [0, 0.1) is 6.92 Å². The fourth-order valence-corrected chi connectivity index (χ4v) is 5.06. The second kappa shape index (κ2) is 6.64. The molecule has 0 saturated carbocycles. The third-order valence-electron chi connectivity index (χ3n) is 6.17. The number of hydrogen-bond acceptors (Lipinski definition) is 5. The zero-order valence-electron chi connectivity index (χ0n) is 17.5. The molecule has 0 radical (unpaired) electrons. The highest BCUT2D eigenvalue weighted by atomic mass is 35.5. The minimum Gasteiger partial charge on any atom is -0.310 e. The van der Waals surface area contributed by atoms with E-state index in [-0.39, 0.29) is 5.91 Å². The molecule has 4 heterocycles. The fraction of sp³-hybridized carbons (Fsp3) is 0.167. The van der Waals surface area contributed by atoms with Crippen LogP contribution in [-0.4, -0.2) is 38.2 Å². The number of anilines is 1. The number of para-hydroxylation sites is 2. The van der Waals surface area contributed by atoms with E-state index in [9.17, 15) is 4.79 Å². The standard InChI is InChI=1S/C24H19ClN6O/c1-3-29-18-12-8-7-11-17(18)24(23(29)32)21-15(2)27-30(16-9-5-4-6-10-16)22(21)26-20-14-13-19(25)28-31(20)24/h4-14H,3H2,1-2H3/t24-/m1/s1. The molecule has 2 aromatic carbocycles. The Morgan fingerprint density at radius 2 is 1.78 bits per heavy atom. The third-order valence-corrected chi connectivity index (χ3v) is 6.38. The van der Waals surface area contributed by atoms with Crippen molar-refractivity contribution in [2.75, 3.05) is 11.4 Å². The smallest absolute Gasteiger partial charge is 0.264 e. The number of allylic oxidation sites excluding steroid dienone is 1. The number of hydrogen-bond donors (Lipinski definition) is 0. The summed E-state index contributed by atoms with van der Waals surface area (Å²) in [5.74, 6) is 1.08. The number of rotatable bonds is 2. The molecular weight excluding hydrogens is 424 g/mol. The Kier molecular flexibility index (Phi) is 3.95. The van der Waals surface area contributed by atoms with Gasteiger partial charge in [0, 0.05) is 12.1 Å². The first-order chi connectivity index (χ1) is 15.6. The summed E-state index contributed by atoms with van der Waals surface area (Å²) < 4.78 is 1.80. The van der Waals surface area contributed by atoms with Crippen molar-refractivity contribution in [2.24, 2.45) is 10.1 Å². The maximum atomic E-state index is 14.2. The Morgan fingerprint density at radius 3 is 2.56 bits per heavy atom. The molecule has 3 aliphatic rings. The molecule has 0 saturated heterocycles. The number of amidine groups is 1. The van der Waals surface area contributed by atoms with Crippen molar-refractivity contribution in [2.45, 2.75) is 19.4 Å². The Bertz CT molecular complexity index is 1370. The van der Waals surface area contributed by atoms with Crippen LogP contribution in [0.15, 0.2) is 76.8 Å². The minimum atomic E-state index is -1.24. The van der Waals surface area contributed by atoms with E-state index in [4.69, 9.17) is 21.7 Å². The quantitative estimate of drug-likeness (QED) is 0.595. The molecule has 158 valence electrons. The average Bonchev–Trinajstić information content (AvgIpc) is 3.27. The van der Waals surface area contributed by atoms with E-state index in [1.54, 1.807) is 26.7 Å². The van der Waals surface area contributed by atoms with Crippen molar-refractivity contribution >= 4 is 40.0 Å². The predicted octanol–water partition coefficient (Wildman–Crippen LogP) is 4.26. The van der Waals surface area contributed by atoms with Gasteiger partial charge in [0.25, 0.3) is 5.91 Å². The van der Waals surface area contributed by atoms with Crippen LogP contribution in [0.1, 0.15) is 23.7 Å². The second-order valence-corrected chi connectivity index (χ2v) is 8.23. The average molecular weight is 443 g/mol. The van der Waals surface area contributed by atoms with E-state index in [1.165, 1.54) is 0 Å². The molecule has 0 unspecified atom stereocenters. The lowest BCUT2D eigenvalue weighted by molar-refractivity contribution is -0.125. The third kappa shape index (κ3) is 2.26. The van der Waals surface area contributed by atoms with E-state index in [2.05, 4.69) is 5.10 Å². The Balaban J connectivity index is 1.74. The number of carbonyl (C=O) groups excluding carboxylic acids is 1. The summed E-state index contributed by atoms with van der Waals surface area (Å²) in [6.07, 6.45) is 3.48.